The van der Waals surface area contributed by atoms with Crippen molar-refractivity contribution in [1.29, 1.82) is 0 Å². The van der Waals surface area contributed by atoms with E-state index >= 15 is 0 Å². The van der Waals surface area contributed by atoms with Crippen molar-refractivity contribution in [3.63, 3.8) is 0 Å². The second kappa shape index (κ2) is 3.17. The molecule has 0 aliphatic carbocycles. The summed E-state index contributed by atoms with van der Waals surface area (Å²) in [7, 11) is 0. The summed E-state index contributed by atoms with van der Waals surface area (Å²) in [6.45, 7) is 9.45. The van der Waals surface area contributed by atoms with E-state index in [1.807, 2.05) is 6.08 Å². The number of hydrogen-bond donors (Lipinski definition) is 1. The van der Waals surface area contributed by atoms with Gasteiger partial charge in [0.15, 0.2) is 0 Å². The lowest BCUT2D eigenvalue weighted by Gasteiger charge is -1.93. The van der Waals surface area contributed by atoms with Crippen LogP contribution in [0.5, 0.6) is 0 Å². The molecule has 1 heterocycles. The maximum absolute atomic E-state index is 3.90. The average Bonchev–Trinajstić information content (AvgIpc) is 2.15. The maximum Gasteiger partial charge on any atom is 0.0212 e. The molecule has 54 valence electrons. The molecule has 0 aromatic heterocycles. The van der Waals surface area contributed by atoms with Gasteiger partial charge in [0, 0.05) is 17.6 Å². The first-order chi connectivity index (χ1) is 4.70. The Morgan fingerprint density at radius 3 is 2.70 bits per heavy atom. The predicted octanol–water partition coefficient (Wildman–Crippen LogP) is 1.98. The van der Waals surface area contributed by atoms with Crippen LogP contribution in [-0.4, -0.2) is 13.1 Å². The molecule has 0 bridgehead atoms. The Kier molecular flexibility index (Phi) is 2.46. The molecule has 2 heteroatoms. The predicted molar refractivity (Wildman–Crippen MR) is 48.2 cm³/mol. The largest absolute Gasteiger partial charge is 0.309 e. The first-order valence-electron chi connectivity index (χ1n) is 3.14. The van der Waals surface area contributed by atoms with Crippen molar-refractivity contribution in [2.45, 2.75) is 0 Å². The van der Waals surface area contributed by atoms with Gasteiger partial charge in [-0.1, -0.05) is 29.1 Å². The van der Waals surface area contributed by atoms with Crippen LogP contribution in [0.2, 0.25) is 0 Å². The average molecular weight is 200 g/mol. The van der Waals surface area contributed by atoms with Gasteiger partial charge in [-0.05, 0) is 17.2 Å². The number of nitrogens with one attached hydrogen (secondary N) is 1. The Hall–Kier alpha value is -0.340. The van der Waals surface area contributed by atoms with E-state index in [0.29, 0.717) is 0 Å². The molecule has 1 fully saturated rings. The minimum Gasteiger partial charge on any atom is -0.309 e. The quantitative estimate of drug-likeness (QED) is 0.682. The summed E-state index contributed by atoms with van der Waals surface area (Å²) in [4.78, 5) is 0. The van der Waals surface area contributed by atoms with Crippen LogP contribution in [-0.2, 0) is 0 Å². The van der Waals surface area contributed by atoms with E-state index in [1.54, 1.807) is 0 Å². The zero-order chi connectivity index (χ0) is 7.56. The van der Waals surface area contributed by atoms with Crippen molar-refractivity contribution in [2.24, 2.45) is 0 Å². The lowest BCUT2D eigenvalue weighted by molar-refractivity contribution is 0.895. The van der Waals surface area contributed by atoms with Crippen molar-refractivity contribution >= 4 is 15.9 Å². The highest BCUT2D eigenvalue weighted by Crippen LogP contribution is 2.16. The van der Waals surface area contributed by atoms with Gasteiger partial charge < -0.3 is 5.32 Å². The summed E-state index contributed by atoms with van der Waals surface area (Å²) in [6, 6.07) is 0. The number of rotatable bonds is 1. The highest BCUT2D eigenvalue weighted by atomic mass is 79.9. The number of allylic oxidation sites excluding steroid dienone is 2. The molecule has 1 aliphatic heterocycles. The molecular weight excluding hydrogens is 190 g/mol. The summed E-state index contributed by atoms with van der Waals surface area (Å²) in [5.74, 6) is 0. The molecule has 0 radical (unpaired) electrons. The molecule has 0 aromatic carbocycles. The highest BCUT2D eigenvalue weighted by Gasteiger charge is 2.09. The second-order valence-corrected chi connectivity index (χ2v) is 3.34. The van der Waals surface area contributed by atoms with Gasteiger partial charge in [-0.2, -0.15) is 0 Å². The molecule has 0 spiro atoms. The Morgan fingerprint density at radius 1 is 1.60 bits per heavy atom. The maximum atomic E-state index is 3.90. The summed E-state index contributed by atoms with van der Waals surface area (Å²) >= 11 is 3.27. The Balaban J connectivity index is 2.72. The Bertz CT molecular complexity index is 203. The smallest absolute Gasteiger partial charge is 0.0212 e. The SMILES string of the molecule is C=C(Br)/C=C1/CNCC1=C. The molecule has 0 atom stereocenters. The van der Waals surface area contributed by atoms with Crippen LogP contribution in [0, 0.1) is 0 Å². The molecule has 10 heavy (non-hydrogen) atoms. The van der Waals surface area contributed by atoms with Gasteiger partial charge >= 0.3 is 0 Å². The topological polar surface area (TPSA) is 12.0 Å². The van der Waals surface area contributed by atoms with Crippen molar-refractivity contribution in [3.05, 3.63) is 34.9 Å². The van der Waals surface area contributed by atoms with Crippen LogP contribution in [0.15, 0.2) is 34.9 Å². The van der Waals surface area contributed by atoms with Crippen molar-refractivity contribution in [3.8, 4) is 0 Å². The van der Waals surface area contributed by atoms with Gasteiger partial charge in [0.2, 0.25) is 0 Å². The summed E-state index contributed by atoms with van der Waals surface area (Å²) in [5, 5.41) is 3.20. The van der Waals surface area contributed by atoms with Crippen LogP contribution in [0.1, 0.15) is 0 Å². The molecule has 0 unspecified atom stereocenters. The van der Waals surface area contributed by atoms with E-state index < -0.39 is 0 Å². The normalized spacial score (nSPS) is 22.1. The van der Waals surface area contributed by atoms with E-state index in [0.717, 1.165) is 17.6 Å². The van der Waals surface area contributed by atoms with Crippen LogP contribution >= 0.6 is 15.9 Å². The van der Waals surface area contributed by atoms with E-state index in [1.165, 1.54) is 11.1 Å². The van der Waals surface area contributed by atoms with Crippen LogP contribution in [0.3, 0.4) is 0 Å². The second-order valence-electron chi connectivity index (χ2n) is 2.32. The van der Waals surface area contributed by atoms with Gasteiger partial charge in [-0.25, -0.2) is 0 Å². The Labute approximate surface area is 69.6 Å². The van der Waals surface area contributed by atoms with Gasteiger partial charge in [0.25, 0.3) is 0 Å². The van der Waals surface area contributed by atoms with E-state index in [9.17, 15) is 0 Å². The molecule has 0 aromatic rings. The first-order valence-corrected chi connectivity index (χ1v) is 3.93. The zero-order valence-corrected chi connectivity index (χ0v) is 7.37. The fraction of sp³-hybridized carbons (Fsp3) is 0.250. The minimum atomic E-state index is 0.909. The standard InChI is InChI=1S/C8H10BrN/c1-6-4-10-5-8(6)3-7(2)9/h3,10H,1-2,4-5H2/b8-3-. The zero-order valence-electron chi connectivity index (χ0n) is 5.78. The van der Waals surface area contributed by atoms with Crippen molar-refractivity contribution < 1.29 is 0 Å². The first kappa shape index (κ1) is 7.76. The van der Waals surface area contributed by atoms with Crippen LogP contribution in [0.25, 0.3) is 0 Å². The molecule has 1 aliphatic rings. The molecule has 0 amide bonds. The molecule has 1 N–H and O–H groups in total. The molecule has 1 nitrogen and oxygen atoms in total. The number of hydrogen-bond acceptors (Lipinski definition) is 1. The van der Waals surface area contributed by atoms with E-state index in [2.05, 4.69) is 34.4 Å². The molecule has 1 saturated heterocycles. The third-order valence-corrected chi connectivity index (χ3v) is 1.67. The highest BCUT2D eigenvalue weighted by molar-refractivity contribution is 9.11. The molecule has 0 saturated carbocycles. The minimum absolute atomic E-state index is 0.909. The van der Waals surface area contributed by atoms with Crippen LogP contribution < -0.4 is 5.32 Å². The van der Waals surface area contributed by atoms with E-state index in [4.69, 9.17) is 0 Å². The lowest BCUT2D eigenvalue weighted by Crippen LogP contribution is -2.04. The van der Waals surface area contributed by atoms with Crippen LogP contribution in [0.4, 0.5) is 0 Å². The van der Waals surface area contributed by atoms with E-state index in [-0.39, 0.29) is 0 Å². The summed E-state index contributed by atoms with van der Waals surface area (Å²) < 4.78 is 0.910. The number of halogens is 1. The lowest BCUT2D eigenvalue weighted by atomic mass is 10.1. The summed E-state index contributed by atoms with van der Waals surface area (Å²) in [6.07, 6.45) is 2.00. The van der Waals surface area contributed by atoms with Gasteiger partial charge in [-0.3, -0.25) is 0 Å². The monoisotopic (exact) mass is 199 g/mol. The van der Waals surface area contributed by atoms with Crippen molar-refractivity contribution in [1.82, 2.24) is 5.32 Å². The fourth-order valence-electron chi connectivity index (χ4n) is 0.929. The molecular formula is C8H10BrN. The van der Waals surface area contributed by atoms with Crippen molar-refractivity contribution in [2.75, 3.05) is 13.1 Å². The third-order valence-electron chi connectivity index (χ3n) is 1.44. The van der Waals surface area contributed by atoms with Gasteiger partial charge in [0.05, 0.1) is 0 Å². The summed E-state index contributed by atoms with van der Waals surface area (Å²) in [5.41, 5.74) is 2.42. The molecule has 1 rings (SSSR count). The Morgan fingerprint density at radius 2 is 2.30 bits per heavy atom. The van der Waals surface area contributed by atoms with Gasteiger partial charge in [-0.15, -0.1) is 0 Å². The van der Waals surface area contributed by atoms with Gasteiger partial charge in [0.1, 0.15) is 0 Å². The fourth-order valence-corrected chi connectivity index (χ4v) is 1.21. The third kappa shape index (κ3) is 1.82.